The fourth-order valence-electron chi connectivity index (χ4n) is 3.07. The van der Waals surface area contributed by atoms with Gasteiger partial charge in [0.05, 0.1) is 5.57 Å². The molecule has 3 aromatic rings. The first-order chi connectivity index (χ1) is 12.5. The van der Waals surface area contributed by atoms with E-state index in [-0.39, 0.29) is 0 Å². The second kappa shape index (κ2) is 6.38. The van der Waals surface area contributed by atoms with Gasteiger partial charge in [0.1, 0.15) is 6.04 Å². The highest BCUT2D eigenvalue weighted by molar-refractivity contribution is 9.10. The third-order valence-electron chi connectivity index (χ3n) is 4.20. The standard InChI is InChI=1S/C18H15BrN6O/c1-10-14(16(20)26)15(11-4-2-6-13(19)8-11)25-18(22-10)23-17(24-25)12-5-3-7-21-9-12/h2-9,15H,1H3,(H2,20,26)(H,22,23,24). The second-order valence-corrected chi connectivity index (χ2v) is 6.85. The van der Waals surface area contributed by atoms with E-state index < -0.39 is 11.9 Å². The molecule has 1 aromatic carbocycles. The Kier molecular flexibility index (Phi) is 4.04. The zero-order chi connectivity index (χ0) is 18.3. The molecular formula is C18H15BrN6O. The molecule has 3 N–H and O–H groups in total. The van der Waals surface area contributed by atoms with E-state index in [1.165, 1.54) is 0 Å². The smallest absolute Gasteiger partial charge is 0.248 e. The van der Waals surface area contributed by atoms with Crippen molar-refractivity contribution in [2.24, 2.45) is 5.73 Å². The molecule has 0 saturated carbocycles. The van der Waals surface area contributed by atoms with Crippen molar-refractivity contribution in [1.29, 1.82) is 0 Å². The van der Waals surface area contributed by atoms with Crippen LogP contribution in [0.25, 0.3) is 11.4 Å². The normalized spacial score (nSPS) is 16.2. The number of nitrogens with two attached hydrogens (primary N) is 1. The van der Waals surface area contributed by atoms with Gasteiger partial charge in [-0.2, -0.15) is 4.98 Å². The Morgan fingerprint density at radius 3 is 2.85 bits per heavy atom. The fraction of sp³-hybridized carbons (Fsp3) is 0.111. The first-order valence-electron chi connectivity index (χ1n) is 7.94. The van der Waals surface area contributed by atoms with Crippen LogP contribution in [0, 0.1) is 0 Å². The Hall–Kier alpha value is -3.00. The largest absolute Gasteiger partial charge is 0.366 e. The van der Waals surface area contributed by atoms with E-state index >= 15 is 0 Å². The Balaban J connectivity index is 1.90. The number of hydrogen-bond donors (Lipinski definition) is 2. The lowest BCUT2D eigenvalue weighted by Crippen LogP contribution is -2.31. The average molecular weight is 411 g/mol. The molecule has 0 radical (unpaired) electrons. The Labute approximate surface area is 158 Å². The van der Waals surface area contributed by atoms with Gasteiger partial charge in [0.15, 0.2) is 5.82 Å². The second-order valence-electron chi connectivity index (χ2n) is 5.93. The summed E-state index contributed by atoms with van der Waals surface area (Å²) in [6, 6.07) is 11.0. The van der Waals surface area contributed by atoms with Gasteiger partial charge in [-0.25, -0.2) is 4.68 Å². The number of anilines is 1. The molecule has 7 nitrogen and oxygen atoms in total. The van der Waals surface area contributed by atoms with Crippen molar-refractivity contribution in [3.8, 4) is 11.4 Å². The number of carbonyl (C=O) groups is 1. The molecule has 130 valence electrons. The molecule has 0 aliphatic carbocycles. The van der Waals surface area contributed by atoms with Crippen LogP contribution >= 0.6 is 15.9 Å². The number of nitrogens with one attached hydrogen (secondary N) is 1. The minimum absolute atomic E-state index is 0.457. The van der Waals surface area contributed by atoms with Crippen LogP contribution < -0.4 is 11.1 Å². The molecule has 0 spiro atoms. The number of rotatable bonds is 3. The molecule has 0 fully saturated rings. The SMILES string of the molecule is CC1=C(C(N)=O)C(c2cccc(Br)c2)n2nc(-c3cccnc3)nc2N1. The van der Waals surface area contributed by atoms with Gasteiger partial charge in [-0.3, -0.25) is 9.78 Å². The van der Waals surface area contributed by atoms with Gasteiger partial charge in [0, 0.05) is 28.1 Å². The number of amides is 1. The van der Waals surface area contributed by atoms with Crippen LogP contribution in [0.1, 0.15) is 18.5 Å². The number of allylic oxidation sites excluding steroid dienone is 1. The van der Waals surface area contributed by atoms with Crippen molar-refractivity contribution in [3.05, 3.63) is 70.1 Å². The molecular weight excluding hydrogens is 396 g/mol. The van der Waals surface area contributed by atoms with Gasteiger partial charge < -0.3 is 11.1 Å². The fourth-order valence-corrected chi connectivity index (χ4v) is 3.49. The van der Waals surface area contributed by atoms with Crippen molar-refractivity contribution >= 4 is 27.8 Å². The summed E-state index contributed by atoms with van der Waals surface area (Å²) in [6.07, 6.45) is 3.39. The summed E-state index contributed by atoms with van der Waals surface area (Å²) >= 11 is 3.48. The summed E-state index contributed by atoms with van der Waals surface area (Å²) in [7, 11) is 0. The Morgan fingerprint density at radius 2 is 2.15 bits per heavy atom. The van der Waals surface area contributed by atoms with Crippen molar-refractivity contribution in [1.82, 2.24) is 19.7 Å². The van der Waals surface area contributed by atoms with Crippen LogP contribution in [0.5, 0.6) is 0 Å². The molecule has 2 aromatic heterocycles. The quantitative estimate of drug-likeness (QED) is 0.691. The molecule has 3 heterocycles. The van der Waals surface area contributed by atoms with Crippen molar-refractivity contribution in [2.75, 3.05) is 5.32 Å². The minimum atomic E-state index is -0.496. The molecule has 1 aliphatic heterocycles. The predicted octanol–water partition coefficient (Wildman–Crippen LogP) is 2.88. The zero-order valence-electron chi connectivity index (χ0n) is 13.8. The number of nitrogens with zero attached hydrogens (tertiary/aromatic N) is 4. The van der Waals surface area contributed by atoms with E-state index in [1.54, 1.807) is 17.1 Å². The van der Waals surface area contributed by atoms with E-state index in [4.69, 9.17) is 5.73 Å². The molecule has 0 bridgehead atoms. The summed E-state index contributed by atoms with van der Waals surface area (Å²) in [6.45, 7) is 1.81. The van der Waals surface area contributed by atoms with Gasteiger partial charge in [-0.15, -0.1) is 5.10 Å². The molecule has 0 saturated heterocycles. The molecule has 4 rings (SSSR count). The van der Waals surface area contributed by atoms with Crippen molar-refractivity contribution in [3.63, 3.8) is 0 Å². The molecule has 8 heteroatoms. The predicted molar refractivity (Wildman–Crippen MR) is 101 cm³/mol. The van der Waals surface area contributed by atoms with E-state index in [0.29, 0.717) is 23.0 Å². The number of benzene rings is 1. The third-order valence-corrected chi connectivity index (χ3v) is 4.70. The summed E-state index contributed by atoms with van der Waals surface area (Å²) in [4.78, 5) is 20.8. The van der Waals surface area contributed by atoms with Crippen LogP contribution in [-0.4, -0.2) is 25.7 Å². The summed E-state index contributed by atoms with van der Waals surface area (Å²) in [5.74, 6) is 0.583. The molecule has 26 heavy (non-hydrogen) atoms. The minimum Gasteiger partial charge on any atom is -0.366 e. The first kappa shape index (κ1) is 16.5. The summed E-state index contributed by atoms with van der Waals surface area (Å²) < 4.78 is 2.60. The summed E-state index contributed by atoms with van der Waals surface area (Å²) in [5, 5.41) is 7.75. The number of aromatic nitrogens is 4. The van der Waals surface area contributed by atoms with Gasteiger partial charge in [-0.05, 0) is 36.8 Å². The van der Waals surface area contributed by atoms with Crippen LogP contribution in [0.4, 0.5) is 5.95 Å². The average Bonchev–Trinajstić information content (AvgIpc) is 3.04. The van der Waals surface area contributed by atoms with Gasteiger partial charge in [0.2, 0.25) is 11.9 Å². The number of fused-ring (bicyclic) bond motifs is 1. The van der Waals surface area contributed by atoms with Gasteiger partial charge >= 0.3 is 0 Å². The number of halogens is 1. The lowest BCUT2D eigenvalue weighted by Gasteiger charge is -2.27. The number of primary amides is 1. The third kappa shape index (κ3) is 2.78. The van der Waals surface area contributed by atoms with Crippen molar-refractivity contribution < 1.29 is 4.79 Å². The maximum absolute atomic E-state index is 12.2. The number of pyridine rings is 1. The number of hydrogen-bond acceptors (Lipinski definition) is 5. The maximum Gasteiger partial charge on any atom is 0.248 e. The first-order valence-corrected chi connectivity index (χ1v) is 8.74. The number of carbonyl (C=O) groups excluding carboxylic acids is 1. The van der Waals surface area contributed by atoms with Gasteiger partial charge in [0.25, 0.3) is 0 Å². The van der Waals surface area contributed by atoms with Gasteiger partial charge in [-0.1, -0.05) is 28.1 Å². The van der Waals surface area contributed by atoms with Crippen LogP contribution in [0.3, 0.4) is 0 Å². The Bertz CT molecular complexity index is 1030. The molecule has 1 amide bonds. The zero-order valence-corrected chi connectivity index (χ0v) is 15.4. The molecule has 1 unspecified atom stereocenters. The van der Waals surface area contributed by atoms with Crippen molar-refractivity contribution in [2.45, 2.75) is 13.0 Å². The highest BCUT2D eigenvalue weighted by Crippen LogP contribution is 2.36. The van der Waals surface area contributed by atoms with E-state index in [9.17, 15) is 4.79 Å². The Morgan fingerprint density at radius 1 is 1.31 bits per heavy atom. The lowest BCUT2D eigenvalue weighted by atomic mass is 9.95. The van der Waals surface area contributed by atoms with E-state index in [1.807, 2.05) is 43.3 Å². The van der Waals surface area contributed by atoms with Crippen LogP contribution in [0.15, 0.2) is 64.5 Å². The monoisotopic (exact) mass is 410 g/mol. The lowest BCUT2D eigenvalue weighted by molar-refractivity contribution is -0.115. The highest BCUT2D eigenvalue weighted by atomic mass is 79.9. The summed E-state index contributed by atoms with van der Waals surface area (Å²) in [5.41, 5.74) is 8.48. The highest BCUT2D eigenvalue weighted by Gasteiger charge is 2.33. The van der Waals surface area contributed by atoms with Crippen LogP contribution in [-0.2, 0) is 4.79 Å². The van der Waals surface area contributed by atoms with E-state index in [2.05, 4.69) is 36.3 Å². The maximum atomic E-state index is 12.2. The van der Waals surface area contributed by atoms with Crippen LogP contribution in [0.2, 0.25) is 0 Å². The van der Waals surface area contributed by atoms with E-state index in [0.717, 1.165) is 15.6 Å². The topological polar surface area (TPSA) is 98.7 Å². The molecule has 1 atom stereocenters. The molecule has 1 aliphatic rings.